The Morgan fingerprint density at radius 2 is 2.16 bits per heavy atom. The number of hydrogen-bond donors (Lipinski definition) is 1. The fraction of sp³-hybridized carbons (Fsp3) is 0.571. The lowest BCUT2D eigenvalue weighted by Crippen LogP contribution is -2.33. The maximum Gasteiger partial charge on any atom is 0.311 e. The number of amides is 1. The number of hydrogen-bond acceptors (Lipinski definition) is 3. The lowest BCUT2D eigenvalue weighted by atomic mass is 10.1. The second-order valence-electron chi connectivity index (χ2n) is 5.07. The zero-order valence-electron chi connectivity index (χ0n) is 11.3. The van der Waals surface area contributed by atoms with E-state index in [1.165, 1.54) is 19.1 Å². The highest BCUT2D eigenvalue weighted by Gasteiger charge is 2.29. The van der Waals surface area contributed by atoms with Gasteiger partial charge in [-0.2, -0.15) is 0 Å². The molecule has 0 atom stereocenters. The smallest absolute Gasteiger partial charge is 0.311 e. The van der Waals surface area contributed by atoms with Crippen molar-refractivity contribution in [3.8, 4) is 0 Å². The molecule has 1 aliphatic carbocycles. The summed E-state index contributed by atoms with van der Waals surface area (Å²) in [5, 5.41) is 8.85. The third kappa shape index (κ3) is 3.16. The van der Waals surface area contributed by atoms with Crippen LogP contribution in [0.25, 0.3) is 0 Å². The van der Waals surface area contributed by atoms with Gasteiger partial charge in [-0.15, -0.1) is 0 Å². The molecule has 0 aliphatic heterocycles. The van der Waals surface area contributed by atoms with Gasteiger partial charge in [-0.25, -0.2) is 0 Å². The normalized spacial score (nSPS) is 14.4. The summed E-state index contributed by atoms with van der Waals surface area (Å²) in [7, 11) is 0. The van der Waals surface area contributed by atoms with Crippen LogP contribution >= 0.6 is 0 Å². The molecular formula is C14H19NO4. The largest absolute Gasteiger partial charge is 0.481 e. The minimum atomic E-state index is -0.992. The highest BCUT2D eigenvalue weighted by atomic mass is 16.4. The predicted molar refractivity (Wildman–Crippen MR) is 69.1 cm³/mol. The molecule has 0 bridgehead atoms. The lowest BCUT2D eigenvalue weighted by molar-refractivity contribution is -0.136. The minimum Gasteiger partial charge on any atom is -0.481 e. The Hall–Kier alpha value is -1.78. The summed E-state index contributed by atoms with van der Waals surface area (Å²) in [6, 6.07) is 0. The molecule has 0 saturated heterocycles. The van der Waals surface area contributed by atoms with Crippen LogP contribution in [0, 0.1) is 12.8 Å². The Bertz CT molecular complexity index is 488. The highest BCUT2D eigenvalue weighted by molar-refractivity contribution is 5.97. The fourth-order valence-electron chi connectivity index (χ4n) is 2.18. The molecule has 1 saturated carbocycles. The van der Waals surface area contributed by atoms with Gasteiger partial charge in [0.25, 0.3) is 5.91 Å². The van der Waals surface area contributed by atoms with E-state index in [0.717, 1.165) is 6.54 Å². The molecule has 1 aromatic heterocycles. The summed E-state index contributed by atoms with van der Waals surface area (Å²) < 4.78 is 5.21. The molecule has 2 rings (SSSR count). The van der Waals surface area contributed by atoms with Crippen molar-refractivity contribution in [2.45, 2.75) is 33.1 Å². The molecule has 19 heavy (non-hydrogen) atoms. The van der Waals surface area contributed by atoms with Gasteiger partial charge < -0.3 is 14.4 Å². The molecule has 1 aromatic rings. The molecular weight excluding hydrogens is 246 g/mol. The van der Waals surface area contributed by atoms with E-state index in [1.54, 1.807) is 11.8 Å². The number of carbonyl (C=O) groups excluding carboxylic acids is 1. The zero-order valence-corrected chi connectivity index (χ0v) is 11.3. The third-order valence-electron chi connectivity index (χ3n) is 3.42. The molecule has 0 spiro atoms. The number of aryl methyl sites for hydroxylation is 1. The molecule has 104 valence electrons. The molecule has 5 heteroatoms. The average molecular weight is 265 g/mol. The van der Waals surface area contributed by atoms with Gasteiger partial charge in [0.2, 0.25) is 0 Å². The second kappa shape index (κ2) is 5.47. The molecule has 0 radical (unpaired) electrons. The number of carboxylic acid groups (broad SMARTS) is 1. The van der Waals surface area contributed by atoms with Crippen LogP contribution in [0.1, 0.15) is 41.4 Å². The van der Waals surface area contributed by atoms with Crippen LogP contribution in [-0.2, 0) is 11.2 Å². The van der Waals surface area contributed by atoms with Gasteiger partial charge in [0.15, 0.2) is 0 Å². The molecule has 1 aliphatic rings. The Balaban J connectivity index is 2.20. The van der Waals surface area contributed by atoms with Gasteiger partial charge in [-0.1, -0.05) is 0 Å². The SMILES string of the molecule is CCN(CC1CC1)C(=O)c1c(C)coc1CC(=O)O. The van der Waals surface area contributed by atoms with Crippen molar-refractivity contribution < 1.29 is 19.1 Å². The standard InChI is InChI=1S/C14H19NO4/c1-3-15(7-10-4-5-10)14(18)13-9(2)8-19-11(13)6-12(16)17/h8,10H,3-7H2,1-2H3,(H,16,17). The summed E-state index contributed by atoms with van der Waals surface area (Å²) in [6.07, 6.45) is 3.55. The zero-order chi connectivity index (χ0) is 14.0. The van der Waals surface area contributed by atoms with Crippen LogP contribution in [-0.4, -0.2) is 35.0 Å². The van der Waals surface area contributed by atoms with Crippen LogP contribution in [0.5, 0.6) is 0 Å². The number of rotatable bonds is 6. The summed E-state index contributed by atoms with van der Waals surface area (Å²) in [5.74, 6) is -0.242. The van der Waals surface area contributed by atoms with Gasteiger partial charge in [0.05, 0.1) is 11.8 Å². The Kier molecular flexibility index (Phi) is 3.93. The molecule has 0 aromatic carbocycles. The van der Waals surface area contributed by atoms with E-state index < -0.39 is 5.97 Å². The van der Waals surface area contributed by atoms with E-state index in [4.69, 9.17) is 9.52 Å². The van der Waals surface area contributed by atoms with Crippen molar-refractivity contribution in [3.63, 3.8) is 0 Å². The van der Waals surface area contributed by atoms with Crippen molar-refractivity contribution in [2.75, 3.05) is 13.1 Å². The molecule has 1 amide bonds. The average Bonchev–Trinajstić information content (AvgIpc) is 3.10. The Labute approximate surface area is 112 Å². The van der Waals surface area contributed by atoms with E-state index in [0.29, 0.717) is 23.6 Å². The molecule has 1 fully saturated rings. The minimum absolute atomic E-state index is 0.114. The second-order valence-corrected chi connectivity index (χ2v) is 5.07. The van der Waals surface area contributed by atoms with Gasteiger partial charge in [-0.05, 0) is 32.6 Å². The van der Waals surface area contributed by atoms with Crippen molar-refractivity contribution in [2.24, 2.45) is 5.92 Å². The Morgan fingerprint density at radius 3 is 2.68 bits per heavy atom. The van der Waals surface area contributed by atoms with Crippen LogP contribution in [0.2, 0.25) is 0 Å². The van der Waals surface area contributed by atoms with Crippen LogP contribution in [0.3, 0.4) is 0 Å². The lowest BCUT2D eigenvalue weighted by Gasteiger charge is -2.21. The van der Waals surface area contributed by atoms with Crippen molar-refractivity contribution in [1.29, 1.82) is 0 Å². The van der Waals surface area contributed by atoms with E-state index >= 15 is 0 Å². The summed E-state index contributed by atoms with van der Waals surface area (Å²) in [5.41, 5.74) is 1.13. The van der Waals surface area contributed by atoms with Gasteiger partial charge >= 0.3 is 5.97 Å². The van der Waals surface area contributed by atoms with Crippen LogP contribution in [0.15, 0.2) is 10.7 Å². The number of aliphatic carboxylic acids is 1. The van der Waals surface area contributed by atoms with Crippen molar-refractivity contribution in [3.05, 3.63) is 23.2 Å². The van der Waals surface area contributed by atoms with Gasteiger partial charge in [-0.3, -0.25) is 9.59 Å². The van der Waals surface area contributed by atoms with Gasteiger partial charge in [0, 0.05) is 18.7 Å². The predicted octanol–water partition coefficient (Wildman–Crippen LogP) is 2.09. The van der Waals surface area contributed by atoms with Crippen molar-refractivity contribution >= 4 is 11.9 Å². The first-order valence-corrected chi connectivity index (χ1v) is 6.61. The number of carbonyl (C=O) groups is 2. The Morgan fingerprint density at radius 1 is 1.47 bits per heavy atom. The summed E-state index contributed by atoms with van der Waals surface area (Å²) in [6.45, 7) is 5.10. The fourth-order valence-corrected chi connectivity index (χ4v) is 2.18. The molecule has 5 nitrogen and oxygen atoms in total. The van der Waals surface area contributed by atoms with E-state index in [2.05, 4.69) is 0 Å². The maximum atomic E-state index is 12.5. The number of carboxylic acids is 1. The third-order valence-corrected chi connectivity index (χ3v) is 3.42. The highest BCUT2D eigenvalue weighted by Crippen LogP contribution is 2.30. The topological polar surface area (TPSA) is 70.8 Å². The van der Waals surface area contributed by atoms with Gasteiger partial charge in [0.1, 0.15) is 12.2 Å². The first-order chi connectivity index (χ1) is 9.02. The summed E-state index contributed by atoms with van der Waals surface area (Å²) in [4.78, 5) is 25.1. The molecule has 1 N–H and O–H groups in total. The first kappa shape index (κ1) is 13.6. The van der Waals surface area contributed by atoms with Crippen LogP contribution in [0.4, 0.5) is 0 Å². The monoisotopic (exact) mass is 265 g/mol. The number of nitrogens with zero attached hydrogens (tertiary/aromatic N) is 1. The summed E-state index contributed by atoms with van der Waals surface area (Å²) >= 11 is 0. The quantitative estimate of drug-likeness (QED) is 0.855. The van der Waals surface area contributed by atoms with E-state index in [1.807, 2.05) is 6.92 Å². The molecule has 0 unspecified atom stereocenters. The maximum absolute atomic E-state index is 12.5. The van der Waals surface area contributed by atoms with Crippen LogP contribution < -0.4 is 0 Å². The molecule has 1 heterocycles. The van der Waals surface area contributed by atoms with E-state index in [-0.39, 0.29) is 18.1 Å². The van der Waals surface area contributed by atoms with Crippen molar-refractivity contribution in [1.82, 2.24) is 4.90 Å². The first-order valence-electron chi connectivity index (χ1n) is 6.61. The number of furan rings is 1. The van der Waals surface area contributed by atoms with E-state index in [9.17, 15) is 9.59 Å².